The van der Waals surface area contributed by atoms with Crippen molar-refractivity contribution in [2.45, 2.75) is 50.5 Å². The molecular formula is C33H38FN5O4S. The zero-order valence-corrected chi connectivity index (χ0v) is 26.4. The first-order valence-electron chi connectivity index (χ1n) is 14.9. The molecule has 0 bridgehead atoms. The van der Waals surface area contributed by atoms with Crippen LogP contribution in [0.15, 0.2) is 59.8 Å². The minimum absolute atomic E-state index is 0.0758. The SMILES string of the molecule is CC(C)(C)OC(=O)N1CC2(CCN(CCc3ccc(-c4cc5c(-c6ccc(S(C)(=O)=O)cc6F)ncnc5[nH]4)cc3)CC2)C1. The van der Waals surface area contributed by atoms with E-state index in [2.05, 4.69) is 44.1 Å². The number of hydrogen-bond acceptors (Lipinski definition) is 7. The lowest BCUT2D eigenvalue weighted by atomic mass is 9.72. The largest absolute Gasteiger partial charge is 0.444 e. The van der Waals surface area contributed by atoms with Gasteiger partial charge in [0.2, 0.25) is 0 Å². The van der Waals surface area contributed by atoms with E-state index in [0.717, 1.165) is 75.6 Å². The third-order valence-corrected chi connectivity index (χ3v) is 9.76. The van der Waals surface area contributed by atoms with E-state index in [9.17, 15) is 17.6 Å². The standard InChI is InChI=1S/C33H38FN5O4S/c1-32(2,3)43-31(40)39-19-33(20-39)12-15-38(16-13-33)14-11-22-5-7-23(8-6-22)28-18-26-29(35-21-36-30(26)37-28)25-10-9-24(17-27(25)34)44(4,41)42/h5-10,17-18,21H,11-16,19-20H2,1-4H3,(H,35,36,37). The maximum absolute atomic E-state index is 15.0. The third-order valence-electron chi connectivity index (χ3n) is 8.65. The van der Waals surface area contributed by atoms with E-state index in [0.29, 0.717) is 16.7 Å². The molecule has 2 aromatic carbocycles. The van der Waals surface area contributed by atoms with Crippen LogP contribution < -0.4 is 0 Å². The molecule has 2 aromatic heterocycles. The van der Waals surface area contributed by atoms with Crippen LogP contribution >= 0.6 is 0 Å². The summed E-state index contributed by atoms with van der Waals surface area (Å²) in [5, 5.41) is 0.654. The molecule has 11 heteroatoms. The lowest BCUT2D eigenvalue weighted by Crippen LogP contribution is -2.62. The lowest BCUT2D eigenvalue weighted by molar-refractivity contribution is -0.0590. The number of sulfone groups is 1. The minimum atomic E-state index is -3.52. The fourth-order valence-electron chi connectivity index (χ4n) is 6.15. The Kier molecular flexibility index (Phi) is 7.73. The topological polar surface area (TPSA) is 108 Å². The van der Waals surface area contributed by atoms with Gasteiger partial charge in [-0.2, -0.15) is 0 Å². The number of fused-ring (bicyclic) bond motifs is 1. The highest BCUT2D eigenvalue weighted by Gasteiger charge is 2.47. The Morgan fingerprint density at radius 1 is 1.05 bits per heavy atom. The Morgan fingerprint density at radius 3 is 2.39 bits per heavy atom. The summed E-state index contributed by atoms with van der Waals surface area (Å²) >= 11 is 0. The van der Waals surface area contributed by atoms with Crippen molar-refractivity contribution in [3.63, 3.8) is 0 Å². The van der Waals surface area contributed by atoms with Gasteiger partial charge in [-0.1, -0.05) is 24.3 Å². The molecule has 0 atom stereocenters. The van der Waals surface area contributed by atoms with Gasteiger partial charge in [0.1, 0.15) is 23.4 Å². The summed E-state index contributed by atoms with van der Waals surface area (Å²) in [5.74, 6) is -0.653. The molecule has 1 amide bonds. The van der Waals surface area contributed by atoms with Gasteiger partial charge in [0.25, 0.3) is 0 Å². The van der Waals surface area contributed by atoms with Gasteiger partial charge in [-0.3, -0.25) is 0 Å². The predicted octanol–water partition coefficient (Wildman–Crippen LogP) is 5.71. The molecule has 2 fully saturated rings. The molecule has 1 N–H and O–H groups in total. The molecule has 0 saturated carbocycles. The van der Waals surface area contributed by atoms with Crippen LogP contribution in [0.25, 0.3) is 33.5 Å². The average Bonchev–Trinajstić information content (AvgIpc) is 3.39. The smallest absolute Gasteiger partial charge is 0.410 e. The normalized spacial score (nSPS) is 17.2. The Hall–Kier alpha value is -3.83. The van der Waals surface area contributed by atoms with Crippen LogP contribution in [0.4, 0.5) is 9.18 Å². The van der Waals surface area contributed by atoms with Crippen LogP contribution in [0.5, 0.6) is 0 Å². The summed E-state index contributed by atoms with van der Waals surface area (Å²) in [6, 6.07) is 14.2. The summed E-state index contributed by atoms with van der Waals surface area (Å²) in [6.07, 6.45) is 5.36. The van der Waals surface area contributed by atoms with Gasteiger partial charge in [-0.05, 0) is 88.5 Å². The Bertz CT molecular complexity index is 1800. The van der Waals surface area contributed by atoms with Crippen molar-refractivity contribution in [2.24, 2.45) is 5.41 Å². The van der Waals surface area contributed by atoms with Crippen LogP contribution in [0.3, 0.4) is 0 Å². The van der Waals surface area contributed by atoms with Crippen molar-refractivity contribution >= 4 is 27.0 Å². The van der Waals surface area contributed by atoms with E-state index in [1.54, 1.807) is 0 Å². The average molecular weight is 620 g/mol. The lowest BCUT2D eigenvalue weighted by Gasteiger charge is -2.53. The summed E-state index contributed by atoms with van der Waals surface area (Å²) in [6.45, 7) is 10.3. The molecule has 2 aliphatic heterocycles. The second-order valence-electron chi connectivity index (χ2n) is 13.2. The fourth-order valence-corrected chi connectivity index (χ4v) is 6.79. The summed E-state index contributed by atoms with van der Waals surface area (Å²) in [7, 11) is -3.52. The number of ether oxygens (including phenoxy) is 1. The number of amides is 1. The number of aromatic nitrogens is 3. The number of aromatic amines is 1. The number of piperidine rings is 1. The Morgan fingerprint density at radius 2 is 1.75 bits per heavy atom. The molecule has 2 aliphatic rings. The van der Waals surface area contributed by atoms with Gasteiger partial charge >= 0.3 is 6.09 Å². The van der Waals surface area contributed by atoms with Crippen LogP contribution in [0.1, 0.15) is 39.2 Å². The van der Waals surface area contributed by atoms with Crippen molar-refractivity contribution in [3.05, 3.63) is 66.2 Å². The van der Waals surface area contributed by atoms with Gasteiger partial charge in [-0.25, -0.2) is 27.6 Å². The number of likely N-dealkylation sites (tertiary alicyclic amines) is 2. The van der Waals surface area contributed by atoms with Gasteiger partial charge < -0.3 is 19.5 Å². The number of nitrogens with zero attached hydrogens (tertiary/aromatic N) is 4. The van der Waals surface area contributed by atoms with Gasteiger partial charge in [0, 0.05) is 47.9 Å². The van der Waals surface area contributed by atoms with Crippen LogP contribution in [-0.4, -0.2) is 83.8 Å². The van der Waals surface area contributed by atoms with Gasteiger partial charge in [-0.15, -0.1) is 0 Å². The summed E-state index contributed by atoms with van der Waals surface area (Å²) in [5.41, 5.74) is 4.02. The van der Waals surface area contributed by atoms with E-state index in [-0.39, 0.29) is 22.0 Å². The summed E-state index contributed by atoms with van der Waals surface area (Å²) in [4.78, 5) is 28.5. The highest BCUT2D eigenvalue weighted by Crippen LogP contribution is 2.41. The molecule has 44 heavy (non-hydrogen) atoms. The maximum Gasteiger partial charge on any atom is 0.410 e. The number of carbonyl (C=O) groups excluding carboxylic acids is 1. The Balaban J connectivity index is 1.06. The molecule has 4 heterocycles. The first-order valence-corrected chi connectivity index (χ1v) is 16.8. The van der Waals surface area contributed by atoms with Crippen molar-refractivity contribution in [2.75, 3.05) is 39.0 Å². The molecule has 0 unspecified atom stereocenters. The quantitative estimate of drug-likeness (QED) is 0.295. The van der Waals surface area contributed by atoms with E-state index in [1.165, 1.54) is 24.0 Å². The number of halogens is 1. The van der Waals surface area contributed by atoms with Crippen LogP contribution in [0.2, 0.25) is 0 Å². The molecule has 6 rings (SSSR count). The van der Waals surface area contributed by atoms with E-state index < -0.39 is 21.3 Å². The first-order chi connectivity index (χ1) is 20.8. The molecule has 9 nitrogen and oxygen atoms in total. The third kappa shape index (κ3) is 6.34. The molecular weight excluding hydrogens is 581 g/mol. The number of carbonyl (C=O) groups is 1. The van der Waals surface area contributed by atoms with Gasteiger partial charge in [0.15, 0.2) is 9.84 Å². The second-order valence-corrected chi connectivity index (χ2v) is 15.2. The molecule has 4 aromatic rings. The highest BCUT2D eigenvalue weighted by atomic mass is 32.2. The van der Waals surface area contributed by atoms with Gasteiger partial charge in [0.05, 0.1) is 10.6 Å². The number of benzene rings is 2. The summed E-state index contributed by atoms with van der Waals surface area (Å²) < 4.78 is 44.2. The number of hydrogen-bond donors (Lipinski definition) is 1. The van der Waals surface area contributed by atoms with E-state index >= 15 is 0 Å². The highest BCUT2D eigenvalue weighted by molar-refractivity contribution is 7.90. The number of H-pyrrole nitrogens is 1. The zero-order chi connectivity index (χ0) is 31.3. The Labute approximate surface area is 257 Å². The van der Waals surface area contributed by atoms with Crippen molar-refractivity contribution in [1.29, 1.82) is 0 Å². The molecule has 0 aliphatic carbocycles. The fraction of sp³-hybridized carbons (Fsp3) is 0.424. The first kappa shape index (κ1) is 30.2. The van der Waals surface area contributed by atoms with Crippen LogP contribution in [0, 0.1) is 11.2 Å². The van der Waals surface area contributed by atoms with Crippen molar-refractivity contribution in [1.82, 2.24) is 24.8 Å². The maximum atomic E-state index is 15.0. The minimum Gasteiger partial charge on any atom is -0.444 e. The monoisotopic (exact) mass is 619 g/mol. The number of rotatable bonds is 6. The second kappa shape index (κ2) is 11.3. The molecule has 2 saturated heterocycles. The van der Waals surface area contributed by atoms with Crippen molar-refractivity contribution < 1.29 is 22.3 Å². The molecule has 1 spiro atoms. The molecule has 232 valence electrons. The predicted molar refractivity (Wildman–Crippen MR) is 167 cm³/mol. The van der Waals surface area contributed by atoms with Crippen LogP contribution in [-0.2, 0) is 21.0 Å². The van der Waals surface area contributed by atoms with Crippen molar-refractivity contribution in [3.8, 4) is 22.5 Å². The zero-order valence-electron chi connectivity index (χ0n) is 25.6. The number of nitrogens with one attached hydrogen (secondary N) is 1. The van der Waals surface area contributed by atoms with E-state index in [4.69, 9.17) is 4.74 Å². The molecule has 0 radical (unpaired) electrons. The van der Waals surface area contributed by atoms with E-state index in [1.807, 2.05) is 31.7 Å².